The van der Waals surface area contributed by atoms with Gasteiger partial charge in [0.15, 0.2) is 0 Å². The van der Waals surface area contributed by atoms with Crippen LogP contribution in [0, 0.1) is 6.92 Å². The molecule has 0 saturated carbocycles. The van der Waals surface area contributed by atoms with Gasteiger partial charge in [-0.1, -0.05) is 12.1 Å². The molecule has 0 spiro atoms. The normalized spacial score (nSPS) is 16.3. The van der Waals surface area contributed by atoms with Crippen molar-refractivity contribution in [3.63, 3.8) is 0 Å². The van der Waals surface area contributed by atoms with Crippen LogP contribution < -0.4 is 10.1 Å². The van der Waals surface area contributed by atoms with E-state index in [2.05, 4.69) is 41.9 Å². The van der Waals surface area contributed by atoms with Gasteiger partial charge in [0.05, 0.1) is 7.11 Å². The van der Waals surface area contributed by atoms with Gasteiger partial charge in [-0.05, 0) is 36.6 Å². The zero-order chi connectivity index (χ0) is 13.7. The Balaban J connectivity index is 0.00000200. The fourth-order valence-corrected chi connectivity index (χ4v) is 2.77. The maximum Gasteiger partial charge on any atom is 0.119 e. The Morgan fingerprint density at radius 1 is 1.33 bits per heavy atom. The van der Waals surface area contributed by atoms with Crippen LogP contribution in [0.5, 0.6) is 5.75 Å². The number of halogens is 2. The van der Waals surface area contributed by atoms with Crippen molar-refractivity contribution in [3.05, 3.63) is 42.0 Å². The average Bonchev–Trinajstić information content (AvgIpc) is 2.46. The van der Waals surface area contributed by atoms with E-state index in [1.807, 2.05) is 6.08 Å². The van der Waals surface area contributed by atoms with Crippen LogP contribution in [0.4, 0.5) is 0 Å². The largest absolute Gasteiger partial charge is 0.497 e. The van der Waals surface area contributed by atoms with Crippen molar-refractivity contribution in [1.29, 1.82) is 0 Å². The quantitative estimate of drug-likeness (QED) is 0.836. The van der Waals surface area contributed by atoms with Gasteiger partial charge in [-0.3, -0.25) is 4.90 Å². The van der Waals surface area contributed by atoms with Gasteiger partial charge in [0.1, 0.15) is 5.75 Å². The smallest absolute Gasteiger partial charge is 0.119 e. The van der Waals surface area contributed by atoms with Crippen LogP contribution in [-0.4, -0.2) is 38.2 Å². The summed E-state index contributed by atoms with van der Waals surface area (Å²) in [7, 11) is 1.71. The summed E-state index contributed by atoms with van der Waals surface area (Å²) in [6, 6.07) is 6.81. The third-order valence-corrected chi connectivity index (χ3v) is 3.82. The SMILES string of the molecule is C=CC[C@@H](c1ccc(OC)cc1C)N1CCNCC1.Cl.Cl. The fraction of sp³-hybridized carbons (Fsp3) is 0.500. The maximum atomic E-state index is 5.29. The molecule has 0 radical (unpaired) electrons. The van der Waals surface area contributed by atoms with E-state index in [1.165, 1.54) is 11.1 Å². The van der Waals surface area contributed by atoms with Gasteiger partial charge in [-0.25, -0.2) is 0 Å². The van der Waals surface area contributed by atoms with E-state index in [0.717, 1.165) is 38.3 Å². The number of piperazine rings is 1. The number of hydrogen-bond acceptors (Lipinski definition) is 3. The van der Waals surface area contributed by atoms with Gasteiger partial charge in [-0.2, -0.15) is 0 Å². The minimum atomic E-state index is 0. The zero-order valence-electron chi connectivity index (χ0n) is 12.8. The van der Waals surface area contributed by atoms with Crippen LogP contribution >= 0.6 is 24.8 Å². The molecule has 0 bridgehead atoms. The molecule has 0 aromatic heterocycles. The highest BCUT2D eigenvalue weighted by atomic mass is 35.5. The van der Waals surface area contributed by atoms with Crippen molar-refractivity contribution >= 4 is 24.8 Å². The van der Waals surface area contributed by atoms with E-state index in [0.29, 0.717) is 6.04 Å². The highest BCUT2D eigenvalue weighted by molar-refractivity contribution is 5.85. The van der Waals surface area contributed by atoms with Gasteiger partial charge >= 0.3 is 0 Å². The second kappa shape index (κ2) is 10.1. The molecule has 1 N–H and O–H groups in total. The summed E-state index contributed by atoms with van der Waals surface area (Å²) >= 11 is 0. The van der Waals surface area contributed by atoms with Crippen LogP contribution in [0.2, 0.25) is 0 Å². The molecule has 0 aliphatic carbocycles. The number of methoxy groups -OCH3 is 1. The average molecular weight is 333 g/mol. The zero-order valence-corrected chi connectivity index (χ0v) is 14.4. The molecule has 1 aliphatic rings. The van der Waals surface area contributed by atoms with Gasteiger partial charge < -0.3 is 10.1 Å². The molecule has 1 fully saturated rings. The Morgan fingerprint density at radius 2 is 2.00 bits per heavy atom. The first-order valence-corrected chi connectivity index (χ1v) is 6.96. The number of ether oxygens (including phenoxy) is 1. The summed E-state index contributed by atoms with van der Waals surface area (Å²) in [6.07, 6.45) is 3.02. The number of benzene rings is 1. The first kappa shape index (κ1) is 20.3. The van der Waals surface area contributed by atoms with Crippen LogP contribution in [0.25, 0.3) is 0 Å². The fourth-order valence-electron chi connectivity index (χ4n) is 2.77. The molecule has 1 aromatic carbocycles. The van der Waals surface area contributed by atoms with Gasteiger partial charge in [-0.15, -0.1) is 31.4 Å². The molecule has 1 saturated heterocycles. The molecule has 21 heavy (non-hydrogen) atoms. The lowest BCUT2D eigenvalue weighted by atomic mass is 9.96. The molecule has 1 aliphatic heterocycles. The number of rotatable bonds is 5. The summed E-state index contributed by atoms with van der Waals surface area (Å²) in [5.41, 5.74) is 2.69. The van der Waals surface area contributed by atoms with E-state index in [4.69, 9.17) is 4.74 Å². The molecule has 5 heteroatoms. The number of aryl methyl sites for hydroxylation is 1. The van der Waals surface area contributed by atoms with E-state index < -0.39 is 0 Å². The van der Waals surface area contributed by atoms with Crippen molar-refractivity contribution < 1.29 is 4.74 Å². The summed E-state index contributed by atoms with van der Waals surface area (Å²) in [4.78, 5) is 2.55. The summed E-state index contributed by atoms with van der Waals surface area (Å²) < 4.78 is 5.29. The lowest BCUT2D eigenvalue weighted by Crippen LogP contribution is -2.45. The Morgan fingerprint density at radius 3 is 2.52 bits per heavy atom. The van der Waals surface area contributed by atoms with Gasteiger partial charge in [0, 0.05) is 32.2 Å². The lowest BCUT2D eigenvalue weighted by Gasteiger charge is -2.35. The summed E-state index contributed by atoms with van der Waals surface area (Å²) in [5, 5.41) is 3.41. The van der Waals surface area contributed by atoms with Gasteiger partial charge in [0.25, 0.3) is 0 Å². The first-order valence-electron chi connectivity index (χ1n) is 6.96. The highest BCUT2D eigenvalue weighted by Gasteiger charge is 2.22. The number of nitrogens with one attached hydrogen (secondary N) is 1. The van der Waals surface area contributed by atoms with E-state index in [9.17, 15) is 0 Å². The second-order valence-corrected chi connectivity index (χ2v) is 5.05. The van der Waals surface area contributed by atoms with Crippen LogP contribution in [0.3, 0.4) is 0 Å². The Kier molecular flexibility index (Phi) is 9.71. The summed E-state index contributed by atoms with van der Waals surface area (Å²) in [6.45, 7) is 10.4. The standard InChI is InChI=1S/C16H24N2O.2ClH/c1-4-5-16(18-10-8-17-9-11-18)15-7-6-14(19-3)12-13(15)2;;/h4,6-7,12,16-17H,1,5,8-11H2,2-3H3;2*1H/t16-;;/m0../s1. The van der Waals surface area contributed by atoms with Crippen molar-refractivity contribution in [2.45, 2.75) is 19.4 Å². The molecule has 0 amide bonds. The molecule has 120 valence electrons. The topological polar surface area (TPSA) is 24.5 Å². The van der Waals surface area contributed by atoms with Crippen molar-refractivity contribution in [3.8, 4) is 5.75 Å². The predicted octanol–water partition coefficient (Wildman–Crippen LogP) is 3.37. The highest BCUT2D eigenvalue weighted by Crippen LogP contribution is 2.29. The molecular formula is C16H26Cl2N2O. The molecule has 2 rings (SSSR count). The first-order chi connectivity index (χ1) is 9.26. The third-order valence-electron chi connectivity index (χ3n) is 3.82. The van der Waals surface area contributed by atoms with Crippen LogP contribution in [0.1, 0.15) is 23.6 Å². The monoisotopic (exact) mass is 332 g/mol. The molecule has 1 heterocycles. The molecule has 1 aromatic rings. The summed E-state index contributed by atoms with van der Waals surface area (Å²) in [5.74, 6) is 0.930. The minimum absolute atomic E-state index is 0. The minimum Gasteiger partial charge on any atom is -0.497 e. The van der Waals surface area contributed by atoms with Crippen molar-refractivity contribution in [2.75, 3.05) is 33.3 Å². The van der Waals surface area contributed by atoms with Crippen LogP contribution in [-0.2, 0) is 0 Å². The van der Waals surface area contributed by atoms with Gasteiger partial charge in [0.2, 0.25) is 0 Å². The lowest BCUT2D eigenvalue weighted by molar-refractivity contribution is 0.174. The Hall–Kier alpha value is -0.740. The third kappa shape index (κ3) is 5.19. The molecule has 3 nitrogen and oxygen atoms in total. The van der Waals surface area contributed by atoms with Crippen molar-refractivity contribution in [1.82, 2.24) is 10.2 Å². The predicted molar refractivity (Wildman–Crippen MR) is 94.2 cm³/mol. The molecule has 0 unspecified atom stereocenters. The Labute approximate surface area is 140 Å². The molecular weight excluding hydrogens is 307 g/mol. The Bertz CT molecular complexity index is 434. The van der Waals surface area contributed by atoms with E-state index >= 15 is 0 Å². The maximum absolute atomic E-state index is 5.29. The second-order valence-electron chi connectivity index (χ2n) is 5.05. The van der Waals surface area contributed by atoms with Crippen LogP contribution in [0.15, 0.2) is 30.9 Å². The number of hydrogen-bond donors (Lipinski definition) is 1. The molecule has 1 atom stereocenters. The number of nitrogens with zero attached hydrogens (tertiary/aromatic N) is 1. The van der Waals surface area contributed by atoms with E-state index in [1.54, 1.807) is 7.11 Å². The van der Waals surface area contributed by atoms with Crippen molar-refractivity contribution in [2.24, 2.45) is 0 Å². The van der Waals surface area contributed by atoms with E-state index in [-0.39, 0.29) is 24.8 Å².